The number of ketones is 1. The van der Waals surface area contributed by atoms with Crippen molar-refractivity contribution in [3.05, 3.63) is 65.0 Å². The summed E-state index contributed by atoms with van der Waals surface area (Å²) in [4.78, 5) is 28.3. The number of rotatable bonds is 5. The van der Waals surface area contributed by atoms with E-state index < -0.39 is 0 Å². The van der Waals surface area contributed by atoms with Crippen molar-refractivity contribution in [2.75, 3.05) is 0 Å². The Hall–Kier alpha value is -1.94. The van der Waals surface area contributed by atoms with Crippen molar-refractivity contribution in [1.29, 1.82) is 0 Å². The van der Waals surface area contributed by atoms with Crippen molar-refractivity contribution in [1.82, 2.24) is 4.98 Å². The van der Waals surface area contributed by atoms with Gasteiger partial charge in [0.15, 0.2) is 5.78 Å². The van der Waals surface area contributed by atoms with Gasteiger partial charge in [-0.25, -0.2) is 0 Å². The van der Waals surface area contributed by atoms with E-state index in [1.54, 1.807) is 18.2 Å². The predicted octanol–water partition coefficient (Wildman–Crippen LogP) is 3.70. The molecule has 0 aliphatic rings. The van der Waals surface area contributed by atoms with Gasteiger partial charge in [0.25, 0.3) is 0 Å². The van der Waals surface area contributed by atoms with Crippen LogP contribution in [0.25, 0.3) is 0 Å². The summed E-state index contributed by atoms with van der Waals surface area (Å²) in [6.45, 7) is 4.04. The molecule has 1 aromatic carbocycles. The molecule has 3 nitrogen and oxygen atoms in total. The maximum atomic E-state index is 12.3. The van der Waals surface area contributed by atoms with E-state index in [4.69, 9.17) is 0 Å². The van der Waals surface area contributed by atoms with E-state index in [-0.39, 0.29) is 23.2 Å². The third-order valence-electron chi connectivity index (χ3n) is 3.24. The molecule has 0 spiro atoms. The molecular formula is C17H17NO2S. The zero-order valence-electron chi connectivity index (χ0n) is 12.0. The molecule has 0 unspecified atom stereocenters. The molecule has 0 bridgehead atoms. The van der Waals surface area contributed by atoms with Crippen LogP contribution >= 0.6 is 12.6 Å². The summed E-state index contributed by atoms with van der Waals surface area (Å²) in [5.41, 5.74) is 2.37. The Morgan fingerprint density at radius 2 is 1.76 bits per heavy atom. The van der Waals surface area contributed by atoms with Crippen LogP contribution < -0.4 is 0 Å². The zero-order chi connectivity index (χ0) is 15.4. The summed E-state index contributed by atoms with van der Waals surface area (Å²) in [5.74, 6) is 0.180. The van der Waals surface area contributed by atoms with Gasteiger partial charge < -0.3 is 0 Å². The Balaban J connectivity index is 2.35. The summed E-state index contributed by atoms with van der Waals surface area (Å²) in [5, 5.41) is -0.367. The Kier molecular flexibility index (Phi) is 4.91. The minimum Gasteiger partial charge on any atom is -0.294 e. The maximum Gasteiger partial charge on any atom is 0.218 e. The largest absolute Gasteiger partial charge is 0.294 e. The summed E-state index contributed by atoms with van der Waals surface area (Å²) < 4.78 is 0. The molecule has 4 heteroatoms. The number of carbonyl (C=O) groups excluding carboxylic acids is 2. The highest BCUT2D eigenvalue weighted by Gasteiger charge is 2.16. The molecule has 2 aromatic rings. The standard InChI is InChI=1S/C17H17NO2S/c1-11(2)14-9-8-13(17(20)21)15(18-14)10-16(19)12-6-4-3-5-7-12/h3-9,11H,10H2,1-2H3,(H,20,21). The fourth-order valence-electron chi connectivity index (χ4n) is 2.05. The van der Waals surface area contributed by atoms with Crippen LogP contribution in [0.3, 0.4) is 0 Å². The van der Waals surface area contributed by atoms with Gasteiger partial charge in [-0.2, -0.15) is 0 Å². The number of aromatic nitrogens is 1. The molecule has 108 valence electrons. The highest BCUT2D eigenvalue weighted by Crippen LogP contribution is 2.18. The molecular weight excluding hydrogens is 282 g/mol. The third-order valence-corrected chi connectivity index (χ3v) is 3.48. The molecule has 1 aromatic heterocycles. The second kappa shape index (κ2) is 6.68. The minimum atomic E-state index is -0.367. The second-order valence-electron chi connectivity index (χ2n) is 5.16. The Morgan fingerprint density at radius 3 is 2.33 bits per heavy atom. The monoisotopic (exact) mass is 299 g/mol. The molecule has 0 fully saturated rings. The number of hydrogen-bond donors (Lipinski definition) is 1. The number of nitrogens with zero attached hydrogens (tertiary/aromatic N) is 1. The fourth-order valence-corrected chi connectivity index (χ4v) is 2.25. The van der Waals surface area contributed by atoms with E-state index in [2.05, 4.69) is 17.6 Å². The lowest BCUT2D eigenvalue weighted by Gasteiger charge is -2.10. The normalized spacial score (nSPS) is 10.7. The van der Waals surface area contributed by atoms with Crippen molar-refractivity contribution in [3.8, 4) is 0 Å². The summed E-state index contributed by atoms with van der Waals surface area (Å²) in [6.07, 6.45) is 0.103. The highest BCUT2D eigenvalue weighted by atomic mass is 32.1. The number of hydrogen-bond acceptors (Lipinski definition) is 3. The van der Waals surface area contributed by atoms with Crippen LogP contribution in [-0.4, -0.2) is 15.9 Å². The van der Waals surface area contributed by atoms with Gasteiger partial charge in [-0.3, -0.25) is 14.6 Å². The van der Waals surface area contributed by atoms with Gasteiger partial charge in [0.05, 0.1) is 17.7 Å². The molecule has 1 heterocycles. The van der Waals surface area contributed by atoms with Gasteiger partial charge in [0.2, 0.25) is 5.12 Å². The average molecular weight is 299 g/mol. The number of Topliss-reactive ketones (excluding diaryl/α,β-unsaturated/α-hetero) is 1. The molecule has 0 saturated heterocycles. The van der Waals surface area contributed by atoms with E-state index in [0.717, 1.165) is 5.69 Å². The average Bonchev–Trinajstić information content (AvgIpc) is 2.47. The lowest BCUT2D eigenvalue weighted by Crippen LogP contribution is -2.11. The van der Waals surface area contributed by atoms with Crippen molar-refractivity contribution in [3.63, 3.8) is 0 Å². The second-order valence-corrected chi connectivity index (χ2v) is 5.56. The van der Waals surface area contributed by atoms with E-state index in [9.17, 15) is 9.59 Å². The van der Waals surface area contributed by atoms with Crippen molar-refractivity contribution in [2.45, 2.75) is 26.2 Å². The first-order valence-electron chi connectivity index (χ1n) is 6.80. The molecule has 0 aliphatic heterocycles. The van der Waals surface area contributed by atoms with Gasteiger partial charge in [0.1, 0.15) is 0 Å². The van der Waals surface area contributed by atoms with Gasteiger partial charge in [-0.05, 0) is 18.1 Å². The Labute approximate surface area is 129 Å². The number of carbonyl (C=O) groups is 2. The molecule has 0 aliphatic carbocycles. The van der Waals surface area contributed by atoms with Crippen LogP contribution in [0, 0.1) is 0 Å². The van der Waals surface area contributed by atoms with Gasteiger partial charge in [-0.1, -0.05) is 44.2 Å². The lowest BCUT2D eigenvalue weighted by atomic mass is 10.0. The molecule has 0 saturated carbocycles. The van der Waals surface area contributed by atoms with E-state index in [0.29, 0.717) is 16.8 Å². The van der Waals surface area contributed by atoms with Gasteiger partial charge >= 0.3 is 0 Å². The van der Waals surface area contributed by atoms with E-state index in [1.165, 1.54) is 0 Å². The summed E-state index contributed by atoms with van der Waals surface area (Å²) in [6, 6.07) is 12.5. The number of pyridine rings is 1. The molecule has 2 rings (SSSR count). The zero-order valence-corrected chi connectivity index (χ0v) is 12.9. The topological polar surface area (TPSA) is 47.0 Å². The Bertz CT molecular complexity index is 666. The van der Waals surface area contributed by atoms with Crippen LogP contribution in [0.2, 0.25) is 0 Å². The van der Waals surface area contributed by atoms with Crippen molar-refractivity contribution >= 4 is 23.5 Å². The first-order valence-corrected chi connectivity index (χ1v) is 7.25. The van der Waals surface area contributed by atoms with Crippen LogP contribution in [0.1, 0.15) is 51.9 Å². The van der Waals surface area contributed by atoms with Crippen LogP contribution in [0.5, 0.6) is 0 Å². The summed E-state index contributed by atoms with van der Waals surface area (Å²) in [7, 11) is 0. The first-order chi connectivity index (χ1) is 9.99. The van der Waals surface area contributed by atoms with Crippen LogP contribution in [0.15, 0.2) is 42.5 Å². The first kappa shape index (κ1) is 15.4. The smallest absolute Gasteiger partial charge is 0.218 e. The van der Waals surface area contributed by atoms with Crippen molar-refractivity contribution < 1.29 is 9.59 Å². The number of thiol groups is 1. The molecule has 0 amide bonds. The maximum absolute atomic E-state index is 12.3. The van der Waals surface area contributed by atoms with Crippen LogP contribution in [-0.2, 0) is 6.42 Å². The predicted molar refractivity (Wildman–Crippen MR) is 86.1 cm³/mol. The highest BCUT2D eigenvalue weighted by molar-refractivity contribution is 7.97. The Morgan fingerprint density at radius 1 is 1.10 bits per heavy atom. The quantitative estimate of drug-likeness (QED) is 0.676. The van der Waals surface area contributed by atoms with Crippen molar-refractivity contribution in [2.24, 2.45) is 0 Å². The van der Waals surface area contributed by atoms with Gasteiger partial charge in [0, 0.05) is 11.3 Å². The van der Waals surface area contributed by atoms with Gasteiger partial charge in [-0.15, -0.1) is 12.6 Å². The molecule has 21 heavy (non-hydrogen) atoms. The number of benzene rings is 1. The SMILES string of the molecule is CC(C)c1ccc(C(=O)S)c(CC(=O)c2ccccc2)n1. The third kappa shape index (κ3) is 3.79. The molecule has 0 radical (unpaired) electrons. The molecule has 0 atom stereocenters. The van der Waals surface area contributed by atoms with E-state index >= 15 is 0 Å². The molecule has 0 N–H and O–H groups in total. The summed E-state index contributed by atoms with van der Waals surface area (Å²) >= 11 is 3.86. The fraction of sp³-hybridized carbons (Fsp3) is 0.235. The van der Waals surface area contributed by atoms with Crippen LogP contribution in [0.4, 0.5) is 0 Å². The van der Waals surface area contributed by atoms with E-state index in [1.807, 2.05) is 38.1 Å². The lowest BCUT2D eigenvalue weighted by molar-refractivity contribution is 0.0991. The minimum absolute atomic E-state index is 0.0557.